The summed E-state index contributed by atoms with van der Waals surface area (Å²) >= 11 is 0. The number of fused-ring (bicyclic) bond motifs is 1. The molecule has 1 fully saturated rings. The van der Waals surface area contributed by atoms with E-state index in [0.29, 0.717) is 25.2 Å². The molecule has 1 aliphatic heterocycles. The average Bonchev–Trinajstić information content (AvgIpc) is 3.39. The standard InChI is InChI=1S/C21H28N6O3/c1-14-10-23-17(12-22-14)21(6-7-21)25(5)18(28)15-11-24-27-9-8-26(13-16(15)27)19(29)30-20(2,3)4/h10-12H,6-9,13H2,1-5H3. The van der Waals surface area contributed by atoms with E-state index in [1.54, 1.807) is 40.1 Å². The van der Waals surface area contributed by atoms with Crippen LogP contribution in [0.15, 0.2) is 18.6 Å². The lowest BCUT2D eigenvalue weighted by molar-refractivity contribution is 0.0192. The van der Waals surface area contributed by atoms with Crippen LogP contribution >= 0.6 is 0 Å². The van der Waals surface area contributed by atoms with E-state index in [4.69, 9.17) is 4.74 Å². The number of aryl methyl sites for hydroxylation is 1. The van der Waals surface area contributed by atoms with Crippen molar-refractivity contribution in [2.45, 2.75) is 64.8 Å². The first-order valence-corrected chi connectivity index (χ1v) is 10.2. The first-order valence-electron chi connectivity index (χ1n) is 10.2. The molecule has 0 N–H and O–H groups in total. The Bertz CT molecular complexity index is 972. The highest BCUT2D eigenvalue weighted by Gasteiger charge is 2.52. The van der Waals surface area contributed by atoms with Crippen LogP contribution in [0.1, 0.15) is 61.1 Å². The summed E-state index contributed by atoms with van der Waals surface area (Å²) in [5.41, 5.74) is 1.90. The first kappa shape index (κ1) is 20.3. The highest BCUT2D eigenvalue weighted by atomic mass is 16.6. The molecule has 0 radical (unpaired) electrons. The Morgan fingerprint density at radius 2 is 1.87 bits per heavy atom. The fraction of sp³-hybridized carbons (Fsp3) is 0.571. The summed E-state index contributed by atoms with van der Waals surface area (Å²) in [5.74, 6) is -0.123. The van der Waals surface area contributed by atoms with Gasteiger partial charge in [0.2, 0.25) is 0 Å². The van der Waals surface area contributed by atoms with E-state index in [2.05, 4.69) is 15.1 Å². The maximum Gasteiger partial charge on any atom is 0.410 e. The predicted octanol–water partition coefficient (Wildman–Crippen LogP) is 2.49. The fourth-order valence-electron chi connectivity index (χ4n) is 3.80. The second-order valence-corrected chi connectivity index (χ2v) is 9.07. The van der Waals surface area contributed by atoms with Crippen LogP contribution in [0.25, 0.3) is 0 Å². The normalized spacial score (nSPS) is 17.3. The number of hydrogen-bond acceptors (Lipinski definition) is 6. The monoisotopic (exact) mass is 412 g/mol. The van der Waals surface area contributed by atoms with Crippen LogP contribution in [0.5, 0.6) is 0 Å². The second kappa shape index (κ2) is 7.07. The van der Waals surface area contributed by atoms with Crippen LogP contribution in [0, 0.1) is 6.92 Å². The minimum absolute atomic E-state index is 0.123. The van der Waals surface area contributed by atoms with Crippen molar-refractivity contribution >= 4 is 12.0 Å². The second-order valence-electron chi connectivity index (χ2n) is 9.07. The smallest absolute Gasteiger partial charge is 0.410 e. The van der Waals surface area contributed by atoms with Gasteiger partial charge in [0, 0.05) is 19.8 Å². The first-order chi connectivity index (χ1) is 14.1. The van der Waals surface area contributed by atoms with Crippen LogP contribution in [-0.2, 0) is 23.4 Å². The van der Waals surface area contributed by atoms with Gasteiger partial charge in [0.05, 0.1) is 53.7 Å². The average molecular weight is 412 g/mol. The molecule has 0 saturated heterocycles. The van der Waals surface area contributed by atoms with E-state index in [9.17, 15) is 9.59 Å². The molecule has 9 nitrogen and oxygen atoms in total. The molecule has 2 aromatic heterocycles. The lowest BCUT2D eigenvalue weighted by Gasteiger charge is -2.31. The van der Waals surface area contributed by atoms with Gasteiger partial charge in [0.25, 0.3) is 5.91 Å². The third kappa shape index (κ3) is 3.64. The van der Waals surface area contributed by atoms with Gasteiger partial charge < -0.3 is 14.5 Å². The zero-order chi connectivity index (χ0) is 21.7. The van der Waals surface area contributed by atoms with Crippen molar-refractivity contribution in [1.82, 2.24) is 29.5 Å². The zero-order valence-corrected chi connectivity index (χ0v) is 18.2. The Hall–Kier alpha value is -2.97. The molecule has 2 aliphatic rings. The lowest BCUT2D eigenvalue weighted by Crippen LogP contribution is -2.43. The molecule has 1 saturated carbocycles. The lowest BCUT2D eigenvalue weighted by atomic mass is 10.1. The third-order valence-electron chi connectivity index (χ3n) is 5.68. The number of rotatable bonds is 3. The molecule has 1 aliphatic carbocycles. The Morgan fingerprint density at radius 1 is 1.13 bits per heavy atom. The van der Waals surface area contributed by atoms with Crippen molar-refractivity contribution < 1.29 is 14.3 Å². The van der Waals surface area contributed by atoms with E-state index in [-0.39, 0.29) is 12.0 Å². The highest BCUT2D eigenvalue weighted by Crippen LogP contribution is 2.50. The van der Waals surface area contributed by atoms with Crippen LogP contribution in [-0.4, -0.2) is 60.7 Å². The summed E-state index contributed by atoms with van der Waals surface area (Å²) in [7, 11) is 1.80. The molecule has 0 atom stereocenters. The van der Waals surface area contributed by atoms with E-state index in [0.717, 1.165) is 29.9 Å². The summed E-state index contributed by atoms with van der Waals surface area (Å²) < 4.78 is 7.29. The van der Waals surface area contributed by atoms with Crippen LogP contribution in [0.3, 0.4) is 0 Å². The molecule has 0 aromatic carbocycles. The van der Waals surface area contributed by atoms with E-state index in [1.165, 1.54) is 0 Å². The molecular formula is C21H28N6O3. The predicted molar refractivity (Wildman–Crippen MR) is 109 cm³/mol. The summed E-state index contributed by atoms with van der Waals surface area (Å²) in [6, 6.07) is 0. The van der Waals surface area contributed by atoms with Crippen molar-refractivity contribution in [3.8, 4) is 0 Å². The summed E-state index contributed by atoms with van der Waals surface area (Å²) in [6.45, 7) is 8.72. The quantitative estimate of drug-likeness (QED) is 0.769. The van der Waals surface area contributed by atoms with Gasteiger partial charge >= 0.3 is 6.09 Å². The van der Waals surface area contributed by atoms with E-state index in [1.807, 2.05) is 27.7 Å². The van der Waals surface area contributed by atoms with Gasteiger partial charge in [0.15, 0.2) is 0 Å². The Kier molecular flexibility index (Phi) is 4.79. The number of aromatic nitrogens is 4. The number of ether oxygens (including phenoxy) is 1. The highest BCUT2D eigenvalue weighted by molar-refractivity contribution is 5.96. The molecule has 0 spiro atoms. The summed E-state index contributed by atoms with van der Waals surface area (Å²) in [6.07, 6.45) is 6.40. The number of carbonyl (C=O) groups is 2. The minimum Gasteiger partial charge on any atom is -0.444 e. The topological polar surface area (TPSA) is 93.5 Å². The zero-order valence-electron chi connectivity index (χ0n) is 18.2. The largest absolute Gasteiger partial charge is 0.444 e. The summed E-state index contributed by atoms with van der Waals surface area (Å²) in [5, 5.41) is 4.38. The maximum atomic E-state index is 13.4. The third-order valence-corrected chi connectivity index (χ3v) is 5.68. The van der Waals surface area contributed by atoms with Crippen LogP contribution in [0.2, 0.25) is 0 Å². The van der Waals surface area contributed by atoms with Crippen LogP contribution < -0.4 is 0 Å². The van der Waals surface area contributed by atoms with Crippen LogP contribution in [0.4, 0.5) is 4.79 Å². The maximum absolute atomic E-state index is 13.4. The summed E-state index contributed by atoms with van der Waals surface area (Å²) in [4.78, 5) is 38.1. The Labute approximate surface area is 176 Å². The Balaban J connectivity index is 1.55. The van der Waals surface area contributed by atoms with Gasteiger partial charge in [-0.1, -0.05) is 0 Å². The number of amides is 2. The van der Waals surface area contributed by atoms with Crippen molar-refractivity contribution in [3.05, 3.63) is 41.2 Å². The molecule has 30 heavy (non-hydrogen) atoms. The number of hydrogen-bond donors (Lipinski definition) is 0. The van der Waals surface area contributed by atoms with Gasteiger partial charge in [0.1, 0.15) is 5.60 Å². The molecule has 4 rings (SSSR count). The van der Waals surface area contributed by atoms with E-state index >= 15 is 0 Å². The van der Waals surface area contributed by atoms with Gasteiger partial charge in [-0.25, -0.2) is 4.79 Å². The molecule has 2 amide bonds. The van der Waals surface area contributed by atoms with Gasteiger partial charge in [-0.15, -0.1) is 0 Å². The molecule has 9 heteroatoms. The molecule has 3 heterocycles. The molecule has 160 valence electrons. The van der Waals surface area contributed by atoms with Crippen molar-refractivity contribution in [3.63, 3.8) is 0 Å². The van der Waals surface area contributed by atoms with Gasteiger partial charge in [-0.2, -0.15) is 5.10 Å². The van der Waals surface area contributed by atoms with Crippen molar-refractivity contribution in [2.75, 3.05) is 13.6 Å². The molecular weight excluding hydrogens is 384 g/mol. The number of nitrogens with zero attached hydrogens (tertiary/aromatic N) is 6. The van der Waals surface area contributed by atoms with Gasteiger partial charge in [-0.05, 0) is 40.5 Å². The fourth-order valence-corrected chi connectivity index (χ4v) is 3.80. The molecule has 0 unspecified atom stereocenters. The Morgan fingerprint density at radius 3 is 2.47 bits per heavy atom. The molecule has 0 bridgehead atoms. The molecule has 2 aromatic rings. The van der Waals surface area contributed by atoms with Crippen molar-refractivity contribution in [2.24, 2.45) is 0 Å². The minimum atomic E-state index is -0.568. The van der Waals surface area contributed by atoms with Crippen molar-refractivity contribution in [1.29, 1.82) is 0 Å². The SMILES string of the molecule is Cc1cnc(C2(N(C)C(=O)c3cnn4c3CN(C(=O)OC(C)(C)C)CC4)CC2)cn1. The van der Waals surface area contributed by atoms with E-state index < -0.39 is 11.1 Å². The number of carbonyl (C=O) groups excluding carboxylic acids is 2. The van der Waals surface area contributed by atoms with Gasteiger partial charge in [-0.3, -0.25) is 19.4 Å².